The second kappa shape index (κ2) is 35.6. The van der Waals surface area contributed by atoms with Gasteiger partial charge in [0.15, 0.2) is 0 Å². The third-order valence-electron chi connectivity index (χ3n) is 18.4. The van der Waals surface area contributed by atoms with Crippen molar-refractivity contribution < 1.29 is 30.0 Å². The first kappa shape index (κ1) is 76.3. The van der Waals surface area contributed by atoms with E-state index in [9.17, 15) is 30.0 Å². The predicted molar refractivity (Wildman–Crippen MR) is 421 cm³/mol. The van der Waals surface area contributed by atoms with Gasteiger partial charge in [0.1, 0.15) is 0 Å². The van der Waals surface area contributed by atoms with Crippen LogP contribution in [0.2, 0.25) is 10.0 Å². The monoisotopic (exact) mass is 1410 g/mol. The van der Waals surface area contributed by atoms with Gasteiger partial charge in [0.05, 0.1) is 46.5 Å². The van der Waals surface area contributed by atoms with Crippen LogP contribution in [0.5, 0.6) is 0 Å². The highest BCUT2D eigenvalue weighted by molar-refractivity contribution is 7.99. The number of aryl methyl sites for hydroxylation is 4. The maximum Gasteiger partial charge on any atom is 0.303 e. The van der Waals surface area contributed by atoms with Gasteiger partial charge in [0, 0.05) is 55.9 Å². The van der Waals surface area contributed by atoms with Gasteiger partial charge in [-0.05, 0) is 208 Å². The minimum atomic E-state index is -0.911. The summed E-state index contributed by atoms with van der Waals surface area (Å²) in [4.78, 5) is 32.5. The van der Waals surface area contributed by atoms with Crippen LogP contribution in [-0.4, -0.2) is 53.8 Å². The number of pyridine rings is 2. The first-order valence-corrected chi connectivity index (χ1v) is 37.2. The van der Waals surface area contributed by atoms with Crippen LogP contribution >= 0.6 is 46.7 Å². The van der Waals surface area contributed by atoms with Crippen LogP contribution in [0.4, 0.5) is 0 Å². The topological polar surface area (TPSA) is 193 Å². The van der Waals surface area contributed by atoms with Gasteiger partial charge in [-0.2, -0.15) is 23.5 Å². The molecule has 2 aromatic heterocycles. The fraction of sp³-hybridized carbons (Fsp3) is 0.302. The number of carboxylic acid groups (broad SMARTS) is 2. The van der Waals surface area contributed by atoms with E-state index in [0.29, 0.717) is 23.1 Å². The number of nitrogens with zero attached hydrogens (tertiary/aromatic N) is 2. The Morgan fingerprint density at radius 3 is 1.21 bits per heavy atom. The number of aliphatic hydroxyl groups is 2. The number of carbonyl (C=O) groups is 2. The van der Waals surface area contributed by atoms with E-state index in [1.54, 1.807) is 0 Å². The Bertz CT molecular complexity index is 4140. The zero-order valence-electron chi connectivity index (χ0n) is 58.2. The van der Waals surface area contributed by atoms with Gasteiger partial charge in [-0.1, -0.05) is 216 Å². The van der Waals surface area contributed by atoms with Crippen molar-refractivity contribution in [1.82, 2.24) is 9.97 Å². The molecule has 12 rings (SSSR count). The minimum Gasteiger partial charge on any atom is -0.481 e. The molecule has 2 atom stereocenters. The summed E-state index contributed by atoms with van der Waals surface area (Å²) >= 11 is 16.1. The maximum atomic E-state index is 11.5. The Kier molecular flexibility index (Phi) is 27.2. The molecule has 14 heteroatoms. The van der Waals surface area contributed by atoms with Crippen molar-refractivity contribution in [2.75, 3.05) is 11.5 Å². The number of carboxylic acids is 2. The third-order valence-corrected chi connectivity index (χ3v) is 22.2. The fourth-order valence-corrected chi connectivity index (χ4v) is 15.6. The molecule has 8 N–H and O–H groups in total. The largest absolute Gasteiger partial charge is 0.481 e. The highest BCUT2D eigenvalue weighted by Crippen LogP contribution is 2.55. The molecule has 2 saturated carbocycles. The zero-order chi connectivity index (χ0) is 71.5. The van der Waals surface area contributed by atoms with E-state index in [1.807, 2.05) is 148 Å². The van der Waals surface area contributed by atoms with Crippen LogP contribution in [0.3, 0.4) is 0 Å². The number of rotatable bonds is 26. The van der Waals surface area contributed by atoms with Crippen molar-refractivity contribution in [2.24, 2.45) is 22.3 Å². The molecule has 2 aliphatic rings. The molecule has 0 spiro atoms. The van der Waals surface area contributed by atoms with Crippen molar-refractivity contribution in [1.29, 1.82) is 0 Å². The molecular weight excluding hydrogens is 1320 g/mol. The summed E-state index contributed by atoms with van der Waals surface area (Å²) in [7, 11) is 0. The number of halogens is 2. The van der Waals surface area contributed by atoms with E-state index in [4.69, 9.17) is 44.6 Å². The van der Waals surface area contributed by atoms with Crippen LogP contribution in [0.1, 0.15) is 168 Å². The van der Waals surface area contributed by atoms with E-state index in [2.05, 4.69) is 147 Å². The van der Waals surface area contributed by atoms with Crippen LogP contribution < -0.4 is 11.5 Å². The summed E-state index contributed by atoms with van der Waals surface area (Å²) < 4.78 is 0. The molecule has 2 heterocycles. The van der Waals surface area contributed by atoms with Crippen molar-refractivity contribution in [2.45, 2.75) is 141 Å². The predicted octanol–water partition coefficient (Wildman–Crippen LogP) is 20.8. The van der Waals surface area contributed by atoms with Crippen LogP contribution in [0, 0.1) is 24.7 Å². The molecule has 0 aliphatic heterocycles. The lowest BCUT2D eigenvalue weighted by Crippen LogP contribution is -2.18. The SMILES string of the molecule is CC(C)(O)c1ccccc1CC[C@@H](SCC1(CC(=O)O)CC1)c1cccc(/C=C/c2ccc3ccc(Cl)cc3n2)c1.CC(C)(O)c1ccccc1CC[C@@H](SCC1(CC(=O)O)CC1)c1cccc(/C=C/c2ccc3ccc(Cl)cc3n2)c1.Cc1ccc(CN)cc1.Cc1ccc(CN)cc1. The lowest BCUT2D eigenvalue weighted by molar-refractivity contribution is -0.139. The van der Waals surface area contributed by atoms with Crippen molar-refractivity contribution in [3.8, 4) is 0 Å². The highest BCUT2D eigenvalue weighted by atomic mass is 35.5. The molecule has 2 fully saturated rings. The van der Waals surface area contributed by atoms with Gasteiger partial charge in [-0.3, -0.25) is 9.59 Å². The molecule has 100 heavy (non-hydrogen) atoms. The van der Waals surface area contributed by atoms with Crippen LogP contribution in [-0.2, 0) is 46.7 Å². The molecule has 10 nitrogen and oxygen atoms in total. The first-order valence-electron chi connectivity index (χ1n) is 34.3. The Morgan fingerprint density at radius 2 is 0.860 bits per heavy atom. The molecule has 8 aromatic carbocycles. The average Bonchev–Trinajstić information content (AvgIpc) is 1.60. The van der Waals surface area contributed by atoms with Gasteiger partial charge in [-0.25, -0.2) is 9.97 Å². The molecule has 0 saturated heterocycles. The molecular formula is C86H94Cl2N4O6S2. The number of nitrogens with two attached hydrogens (primary N) is 2. The van der Waals surface area contributed by atoms with E-state index in [0.717, 1.165) is 129 Å². The molecule has 520 valence electrons. The Balaban J connectivity index is 0.000000186. The molecule has 2 aliphatic carbocycles. The molecule has 0 amide bonds. The Hall–Kier alpha value is -7.88. The minimum absolute atomic E-state index is 0.0814. The normalized spacial score (nSPS) is 14.3. The number of benzene rings is 8. The molecule has 10 aromatic rings. The van der Waals surface area contributed by atoms with E-state index in [1.165, 1.54) is 33.4 Å². The number of hydrogen-bond acceptors (Lipinski definition) is 10. The Labute approximate surface area is 609 Å². The molecule has 0 radical (unpaired) electrons. The van der Waals surface area contributed by atoms with Gasteiger partial charge < -0.3 is 31.9 Å². The number of thioether (sulfide) groups is 2. The van der Waals surface area contributed by atoms with E-state index in [-0.39, 0.29) is 34.2 Å². The van der Waals surface area contributed by atoms with E-state index < -0.39 is 23.1 Å². The second-order valence-corrected chi connectivity index (χ2v) is 31.0. The summed E-state index contributed by atoms with van der Waals surface area (Å²) in [5.41, 5.74) is 26.1. The van der Waals surface area contributed by atoms with Crippen LogP contribution in [0.25, 0.3) is 46.1 Å². The summed E-state index contributed by atoms with van der Waals surface area (Å²) in [5.74, 6) is 0.243. The molecule has 0 bridgehead atoms. The summed E-state index contributed by atoms with van der Waals surface area (Å²) in [6.45, 7) is 12.7. The van der Waals surface area contributed by atoms with Crippen molar-refractivity contribution in [3.63, 3.8) is 0 Å². The fourth-order valence-electron chi connectivity index (χ4n) is 12.2. The Morgan fingerprint density at radius 1 is 0.490 bits per heavy atom. The highest BCUT2D eigenvalue weighted by Gasteiger charge is 2.45. The van der Waals surface area contributed by atoms with Crippen molar-refractivity contribution in [3.05, 3.63) is 294 Å². The third kappa shape index (κ3) is 23.6. The van der Waals surface area contributed by atoms with Gasteiger partial charge in [0.25, 0.3) is 0 Å². The standard InChI is InChI=1S/2C35H36ClNO3S.2C8H11N/c2*1-34(2,40)30-9-4-3-7-25(30)13-17-32(41-23-35(18-19-35)22-33(38)39)27-8-5-6-24(20-27)10-15-29-16-12-26-11-14-28(36)21-31(26)37-29;2*1-7-2-4-8(6-9)5-3-7/h2*3-12,14-16,20-21,32,40H,13,17-19,22-23H2,1-2H3,(H,38,39);2*2-5H,6,9H2,1H3/b2*15-10+;;/t2*32-;;/m11../s1. The summed E-state index contributed by atoms with van der Waals surface area (Å²) in [5, 5.41) is 44.2. The van der Waals surface area contributed by atoms with E-state index >= 15 is 0 Å². The number of fused-ring (bicyclic) bond motifs is 2. The lowest BCUT2D eigenvalue weighted by Gasteiger charge is -2.24. The number of hydrogen-bond donors (Lipinski definition) is 6. The number of aliphatic carboxylic acids is 2. The second-order valence-electron chi connectivity index (χ2n) is 27.8. The summed E-state index contributed by atoms with van der Waals surface area (Å²) in [6, 6.07) is 69.4. The van der Waals surface area contributed by atoms with Crippen LogP contribution in [0.15, 0.2) is 206 Å². The average molecular weight is 1410 g/mol. The van der Waals surface area contributed by atoms with Gasteiger partial charge in [0.2, 0.25) is 0 Å². The maximum absolute atomic E-state index is 11.5. The smallest absolute Gasteiger partial charge is 0.303 e. The first-order chi connectivity index (χ1) is 47.9. The van der Waals surface area contributed by atoms with Gasteiger partial charge >= 0.3 is 11.9 Å². The summed E-state index contributed by atoms with van der Waals surface area (Å²) in [6.07, 6.45) is 16.0. The number of aromatic nitrogens is 2. The van der Waals surface area contributed by atoms with Crippen molar-refractivity contribution >= 4 is 105 Å². The quantitative estimate of drug-likeness (QED) is 0.0301. The molecule has 0 unspecified atom stereocenters. The lowest BCUT2D eigenvalue weighted by atomic mass is 9.90. The van der Waals surface area contributed by atoms with Gasteiger partial charge in [-0.15, -0.1) is 0 Å². The zero-order valence-corrected chi connectivity index (χ0v) is 61.4.